The third-order valence-electron chi connectivity index (χ3n) is 3.08. The molecule has 0 aliphatic heterocycles. The Labute approximate surface area is 122 Å². The van der Waals surface area contributed by atoms with Crippen molar-refractivity contribution >= 4 is 46.2 Å². The van der Waals surface area contributed by atoms with Crippen molar-refractivity contribution < 1.29 is 0 Å². The van der Waals surface area contributed by atoms with Crippen molar-refractivity contribution in [1.29, 1.82) is 0 Å². The van der Waals surface area contributed by atoms with Crippen LogP contribution >= 0.6 is 34.8 Å². The Kier molecular flexibility index (Phi) is 4.77. The Morgan fingerprint density at radius 3 is 2.50 bits per heavy atom. The number of nitrogens with one attached hydrogen (secondary N) is 1. The minimum atomic E-state index is 0.487. The first-order chi connectivity index (χ1) is 8.56. The highest BCUT2D eigenvalue weighted by atomic mass is 35.5. The van der Waals surface area contributed by atoms with Gasteiger partial charge in [0.25, 0.3) is 0 Å². The second kappa shape index (κ2) is 6.14. The van der Waals surface area contributed by atoms with Crippen LogP contribution in [0.3, 0.4) is 0 Å². The van der Waals surface area contributed by atoms with E-state index in [4.69, 9.17) is 34.8 Å². The van der Waals surface area contributed by atoms with E-state index in [1.54, 1.807) is 12.1 Å². The van der Waals surface area contributed by atoms with Gasteiger partial charge in [0.2, 0.25) is 0 Å². The highest BCUT2D eigenvalue weighted by Crippen LogP contribution is 2.34. The maximum Gasteiger partial charge on any atom is 0.0935 e. The van der Waals surface area contributed by atoms with Crippen LogP contribution in [0, 0.1) is 5.92 Å². The largest absolute Gasteiger partial charge is 0.276 e. The molecule has 2 nitrogen and oxygen atoms in total. The number of hydrogen-bond acceptors (Lipinski definition) is 2. The van der Waals surface area contributed by atoms with E-state index in [9.17, 15) is 0 Å². The Balaban J connectivity index is 2.12. The molecule has 0 aromatic heterocycles. The van der Waals surface area contributed by atoms with Gasteiger partial charge in [-0.05, 0) is 43.7 Å². The van der Waals surface area contributed by atoms with Crippen LogP contribution in [0.15, 0.2) is 17.2 Å². The summed E-state index contributed by atoms with van der Waals surface area (Å²) < 4.78 is 0. The van der Waals surface area contributed by atoms with Crippen LogP contribution in [0.4, 0.5) is 5.69 Å². The zero-order valence-corrected chi connectivity index (χ0v) is 12.4. The fourth-order valence-corrected chi connectivity index (χ4v) is 3.05. The molecule has 1 fully saturated rings. The van der Waals surface area contributed by atoms with E-state index in [1.807, 2.05) is 0 Å². The summed E-state index contributed by atoms with van der Waals surface area (Å²) in [7, 11) is 0. The normalized spacial score (nSPS) is 22.2. The van der Waals surface area contributed by atoms with Crippen LogP contribution in [-0.2, 0) is 0 Å². The second-order valence-corrected chi connectivity index (χ2v) is 5.99. The third-order valence-corrected chi connectivity index (χ3v) is 3.89. The molecule has 5 heteroatoms. The van der Waals surface area contributed by atoms with Crippen LogP contribution in [0.1, 0.15) is 32.6 Å². The average molecular weight is 306 g/mol. The smallest absolute Gasteiger partial charge is 0.0935 e. The van der Waals surface area contributed by atoms with Crippen molar-refractivity contribution in [3.8, 4) is 0 Å². The van der Waals surface area contributed by atoms with Crippen molar-refractivity contribution in [2.45, 2.75) is 32.6 Å². The van der Waals surface area contributed by atoms with Gasteiger partial charge in [0.1, 0.15) is 0 Å². The number of rotatable bonds is 2. The molecular weight excluding hydrogens is 291 g/mol. The summed E-state index contributed by atoms with van der Waals surface area (Å²) in [5.74, 6) is 0.704. The molecule has 0 amide bonds. The molecule has 1 aliphatic carbocycles. The summed E-state index contributed by atoms with van der Waals surface area (Å²) in [5, 5.41) is 5.91. The van der Waals surface area contributed by atoms with E-state index in [-0.39, 0.29) is 0 Å². The molecule has 1 aliphatic rings. The summed E-state index contributed by atoms with van der Waals surface area (Å²) >= 11 is 18.0. The van der Waals surface area contributed by atoms with Crippen molar-refractivity contribution in [2.24, 2.45) is 11.0 Å². The molecular formula is C13H15Cl3N2. The average Bonchev–Trinajstić information content (AvgIpc) is 2.27. The molecule has 0 unspecified atom stereocenters. The van der Waals surface area contributed by atoms with Crippen LogP contribution in [0.25, 0.3) is 0 Å². The van der Waals surface area contributed by atoms with E-state index in [2.05, 4.69) is 17.5 Å². The molecule has 0 spiro atoms. The Morgan fingerprint density at radius 2 is 1.89 bits per heavy atom. The standard InChI is InChI=1S/C13H15Cl3N2/c1-8-3-2-4-10(5-8)17-18-13-11(15)6-9(14)7-12(13)16/h6-8,18H,2-5H2,1H3/b17-10-/t8-/m1/s1. The van der Waals surface area contributed by atoms with E-state index < -0.39 is 0 Å². The van der Waals surface area contributed by atoms with E-state index in [1.165, 1.54) is 18.6 Å². The van der Waals surface area contributed by atoms with Gasteiger partial charge in [0.15, 0.2) is 0 Å². The van der Waals surface area contributed by atoms with E-state index in [0.717, 1.165) is 12.8 Å². The quantitative estimate of drug-likeness (QED) is 0.704. The maximum atomic E-state index is 6.08. The fourth-order valence-electron chi connectivity index (χ4n) is 2.15. The fraction of sp³-hybridized carbons (Fsp3) is 0.462. The molecule has 1 N–H and O–H groups in total. The van der Waals surface area contributed by atoms with Crippen LogP contribution in [0.5, 0.6) is 0 Å². The van der Waals surface area contributed by atoms with E-state index in [0.29, 0.717) is 26.7 Å². The predicted molar refractivity (Wildman–Crippen MR) is 80.2 cm³/mol. The van der Waals surface area contributed by atoms with Gasteiger partial charge < -0.3 is 0 Å². The maximum absolute atomic E-state index is 6.08. The molecule has 2 rings (SSSR count). The van der Waals surface area contributed by atoms with Gasteiger partial charge in [-0.3, -0.25) is 5.43 Å². The number of anilines is 1. The summed E-state index contributed by atoms with van der Waals surface area (Å²) in [6.45, 7) is 2.25. The monoisotopic (exact) mass is 304 g/mol. The molecule has 0 radical (unpaired) electrons. The first-order valence-electron chi connectivity index (χ1n) is 6.02. The zero-order valence-electron chi connectivity index (χ0n) is 10.1. The number of hydrogen-bond donors (Lipinski definition) is 1. The highest BCUT2D eigenvalue weighted by molar-refractivity contribution is 6.41. The zero-order chi connectivity index (χ0) is 13.1. The molecule has 18 heavy (non-hydrogen) atoms. The molecule has 0 heterocycles. The lowest BCUT2D eigenvalue weighted by molar-refractivity contribution is 0.500. The Morgan fingerprint density at radius 1 is 1.22 bits per heavy atom. The second-order valence-electron chi connectivity index (χ2n) is 4.74. The molecule has 1 aromatic rings. The number of benzene rings is 1. The molecule has 0 saturated heterocycles. The van der Waals surface area contributed by atoms with Crippen LogP contribution in [0.2, 0.25) is 15.1 Å². The number of nitrogens with zero attached hydrogens (tertiary/aromatic N) is 1. The summed E-state index contributed by atoms with van der Waals surface area (Å²) in [5.41, 5.74) is 4.76. The van der Waals surface area contributed by atoms with Gasteiger partial charge in [-0.25, -0.2) is 0 Å². The van der Waals surface area contributed by atoms with Crippen molar-refractivity contribution in [3.63, 3.8) is 0 Å². The van der Waals surface area contributed by atoms with Crippen LogP contribution in [-0.4, -0.2) is 5.71 Å². The Bertz CT molecular complexity index is 448. The third kappa shape index (κ3) is 3.53. The number of hydrazone groups is 1. The first kappa shape index (κ1) is 14.0. The SMILES string of the molecule is C[C@@H]1CCC/C(=N/Nc2c(Cl)cc(Cl)cc2Cl)C1. The van der Waals surface area contributed by atoms with Gasteiger partial charge in [-0.15, -0.1) is 0 Å². The molecule has 1 saturated carbocycles. The minimum Gasteiger partial charge on any atom is -0.276 e. The molecule has 1 atom stereocenters. The lowest BCUT2D eigenvalue weighted by Gasteiger charge is -2.19. The van der Waals surface area contributed by atoms with Gasteiger partial charge in [-0.1, -0.05) is 41.7 Å². The Hall–Kier alpha value is -0.440. The van der Waals surface area contributed by atoms with Crippen molar-refractivity contribution in [2.75, 3.05) is 5.43 Å². The number of halogens is 3. The molecule has 0 bridgehead atoms. The summed E-state index contributed by atoms with van der Waals surface area (Å²) in [6, 6.07) is 3.31. The lowest BCUT2D eigenvalue weighted by Crippen LogP contribution is -2.14. The van der Waals surface area contributed by atoms with Crippen molar-refractivity contribution in [1.82, 2.24) is 0 Å². The van der Waals surface area contributed by atoms with Gasteiger partial charge in [0, 0.05) is 10.7 Å². The highest BCUT2D eigenvalue weighted by Gasteiger charge is 2.14. The van der Waals surface area contributed by atoms with Gasteiger partial charge in [-0.2, -0.15) is 5.10 Å². The van der Waals surface area contributed by atoms with E-state index >= 15 is 0 Å². The van der Waals surface area contributed by atoms with Gasteiger partial charge in [0.05, 0.1) is 15.7 Å². The summed E-state index contributed by atoms with van der Waals surface area (Å²) in [6.07, 6.45) is 4.56. The van der Waals surface area contributed by atoms with Crippen LogP contribution < -0.4 is 5.43 Å². The molecule has 1 aromatic carbocycles. The molecule has 98 valence electrons. The first-order valence-corrected chi connectivity index (χ1v) is 7.15. The summed E-state index contributed by atoms with van der Waals surface area (Å²) in [4.78, 5) is 0. The van der Waals surface area contributed by atoms with Crippen molar-refractivity contribution in [3.05, 3.63) is 27.2 Å². The minimum absolute atomic E-state index is 0.487. The van der Waals surface area contributed by atoms with Gasteiger partial charge >= 0.3 is 0 Å². The lowest BCUT2D eigenvalue weighted by atomic mass is 9.89. The predicted octanol–water partition coefficient (Wildman–Crippen LogP) is 5.62. The topological polar surface area (TPSA) is 24.4 Å².